The van der Waals surface area contributed by atoms with Crippen LogP contribution in [0.15, 0.2) is 23.4 Å². The highest BCUT2D eigenvalue weighted by Gasteiger charge is 2.17. The van der Waals surface area contributed by atoms with Crippen molar-refractivity contribution >= 4 is 42.9 Å². The van der Waals surface area contributed by atoms with Crippen LogP contribution in [-0.4, -0.2) is 67.4 Å². The molecule has 0 radical (unpaired) electrons. The van der Waals surface area contributed by atoms with E-state index in [0.717, 1.165) is 34.4 Å². The molecular weight excluding hydrogens is 498 g/mol. The van der Waals surface area contributed by atoms with Gasteiger partial charge in [0.1, 0.15) is 18.1 Å². The molecule has 2 aromatic rings. The molecule has 1 aromatic carbocycles. The molecule has 1 amide bonds. The molecule has 0 unspecified atom stereocenters. The van der Waals surface area contributed by atoms with Gasteiger partial charge in [-0.15, -0.1) is 0 Å². The van der Waals surface area contributed by atoms with Gasteiger partial charge in [-0.3, -0.25) is 4.57 Å². The number of benzene rings is 1. The van der Waals surface area contributed by atoms with Gasteiger partial charge >= 0.3 is 12.1 Å². The molecule has 1 heterocycles. The molecule has 0 aliphatic carbocycles. The Labute approximate surface area is 219 Å². The van der Waals surface area contributed by atoms with Gasteiger partial charge in [0.2, 0.25) is 0 Å². The number of aromatic nitrogens is 2. The number of rotatable bonds is 14. The standard InChI is InChI=1S/C25H41N3O6SSi/c1-8-32-22(29)17-33-19-10-11-20-21(16-19)28(18-31-13-15-36(5,6)7)23(27-20)35-14-9-12-26-24(30)34-25(2,3)4/h10-11,16H,8-9,12-15,17-18H2,1-7H3,(H,26,30). The number of fused-ring (bicyclic) bond motifs is 1. The van der Waals surface area contributed by atoms with Gasteiger partial charge in [0.15, 0.2) is 11.8 Å². The van der Waals surface area contributed by atoms with Gasteiger partial charge in [0, 0.05) is 33.0 Å². The van der Waals surface area contributed by atoms with Crippen LogP contribution in [0.2, 0.25) is 25.7 Å². The van der Waals surface area contributed by atoms with Crippen molar-refractivity contribution in [2.24, 2.45) is 0 Å². The van der Waals surface area contributed by atoms with Gasteiger partial charge in [0.05, 0.1) is 17.6 Å². The number of ether oxygens (including phenoxy) is 4. The zero-order valence-corrected chi connectivity index (χ0v) is 24.5. The van der Waals surface area contributed by atoms with Crippen LogP contribution in [0.4, 0.5) is 4.79 Å². The van der Waals surface area contributed by atoms with Crippen molar-refractivity contribution in [1.29, 1.82) is 0 Å². The van der Waals surface area contributed by atoms with Crippen LogP contribution in [0.1, 0.15) is 34.1 Å². The summed E-state index contributed by atoms with van der Waals surface area (Å²) in [5.74, 6) is 0.925. The van der Waals surface area contributed by atoms with Gasteiger partial charge in [0.25, 0.3) is 0 Å². The maximum atomic E-state index is 11.8. The van der Waals surface area contributed by atoms with Crippen molar-refractivity contribution in [1.82, 2.24) is 14.9 Å². The lowest BCUT2D eigenvalue weighted by Crippen LogP contribution is -2.33. The molecule has 0 fully saturated rings. The fraction of sp³-hybridized carbons (Fsp3) is 0.640. The minimum absolute atomic E-state index is 0.146. The van der Waals surface area contributed by atoms with Crippen LogP contribution < -0.4 is 10.1 Å². The molecule has 1 N–H and O–H groups in total. The molecule has 0 spiro atoms. The van der Waals surface area contributed by atoms with E-state index in [0.29, 0.717) is 32.2 Å². The van der Waals surface area contributed by atoms with E-state index < -0.39 is 25.7 Å². The minimum atomic E-state index is -1.20. The van der Waals surface area contributed by atoms with E-state index in [9.17, 15) is 9.59 Å². The molecule has 11 heteroatoms. The molecule has 0 aliphatic heterocycles. The minimum Gasteiger partial charge on any atom is -0.482 e. The number of hydrogen-bond donors (Lipinski definition) is 1. The summed E-state index contributed by atoms with van der Waals surface area (Å²) in [4.78, 5) is 28.3. The van der Waals surface area contributed by atoms with Crippen molar-refractivity contribution in [2.75, 3.05) is 32.1 Å². The van der Waals surface area contributed by atoms with E-state index in [1.54, 1.807) is 24.8 Å². The second-order valence-corrected chi connectivity index (χ2v) is 17.2. The monoisotopic (exact) mass is 539 g/mol. The van der Waals surface area contributed by atoms with Crippen LogP contribution >= 0.6 is 11.8 Å². The quantitative estimate of drug-likeness (QED) is 0.149. The van der Waals surface area contributed by atoms with Crippen LogP contribution in [-0.2, 0) is 25.7 Å². The lowest BCUT2D eigenvalue weighted by molar-refractivity contribution is -0.145. The number of nitrogens with zero attached hydrogens (tertiary/aromatic N) is 2. The fourth-order valence-corrected chi connectivity index (χ4v) is 4.72. The number of amides is 1. The molecule has 1 aromatic heterocycles. The van der Waals surface area contributed by atoms with Gasteiger partial charge < -0.3 is 24.3 Å². The van der Waals surface area contributed by atoms with E-state index in [1.807, 2.05) is 37.5 Å². The van der Waals surface area contributed by atoms with Gasteiger partial charge in [-0.25, -0.2) is 14.6 Å². The van der Waals surface area contributed by atoms with Crippen LogP contribution in [0.25, 0.3) is 11.0 Å². The highest BCUT2D eigenvalue weighted by Crippen LogP contribution is 2.28. The van der Waals surface area contributed by atoms with E-state index in [1.165, 1.54) is 0 Å². The van der Waals surface area contributed by atoms with Crippen molar-refractivity contribution < 1.29 is 28.5 Å². The first kappa shape index (κ1) is 30.0. The third-order valence-electron chi connectivity index (χ3n) is 4.78. The number of esters is 1. The Kier molecular flexibility index (Phi) is 11.6. The van der Waals surface area contributed by atoms with E-state index in [4.69, 9.17) is 23.9 Å². The average molecular weight is 540 g/mol. The summed E-state index contributed by atoms with van der Waals surface area (Å²) in [5.41, 5.74) is 1.18. The first-order valence-electron chi connectivity index (χ1n) is 12.3. The number of hydrogen-bond acceptors (Lipinski definition) is 8. The van der Waals surface area contributed by atoms with Crippen LogP contribution in [0.5, 0.6) is 5.75 Å². The highest BCUT2D eigenvalue weighted by atomic mass is 32.2. The SMILES string of the molecule is CCOC(=O)COc1ccc2nc(SCCCNC(=O)OC(C)(C)C)n(COCC[Si](C)(C)C)c2c1. The van der Waals surface area contributed by atoms with Crippen molar-refractivity contribution in [3.05, 3.63) is 18.2 Å². The molecule has 202 valence electrons. The second kappa shape index (κ2) is 13.9. The van der Waals surface area contributed by atoms with E-state index in [-0.39, 0.29) is 6.61 Å². The van der Waals surface area contributed by atoms with Crippen molar-refractivity contribution in [3.63, 3.8) is 0 Å². The largest absolute Gasteiger partial charge is 0.482 e. The van der Waals surface area contributed by atoms with Crippen molar-refractivity contribution in [2.45, 2.75) is 77.3 Å². The van der Waals surface area contributed by atoms with Gasteiger partial charge in [-0.2, -0.15) is 0 Å². The highest BCUT2D eigenvalue weighted by molar-refractivity contribution is 7.99. The van der Waals surface area contributed by atoms with Crippen molar-refractivity contribution in [3.8, 4) is 5.75 Å². The summed E-state index contributed by atoms with van der Waals surface area (Å²) >= 11 is 1.61. The smallest absolute Gasteiger partial charge is 0.407 e. The average Bonchev–Trinajstić information content (AvgIpc) is 3.10. The second-order valence-electron chi connectivity index (χ2n) is 10.5. The zero-order valence-electron chi connectivity index (χ0n) is 22.6. The molecule has 2 rings (SSSR count). The Bertz CT molecular complexity index is 1000. The summed E-state index contributed by atoms with van der Waals surface area (Å²) in [7, 11) is -1.20. The molecule has 0 bridgehead atoms. The number of carbonyl (C=O) groups is 2. The molecule has 36 heavy (non-hydrogen) atoms. The summed E-state index contributed by atoms with van der Waals surface area (Å²) in [6, 6.07) is 6.62. The summed E-state index contributed by atoms with van der Waals surface area (Å²) in [5, 5.41) is 3.62. The summed E-state index contributed by atoms with van der Waals surface area (Å²) < 4.78 is 23.9. The fourth-order valence-electron chi connectivity index (χ4n) is 3.02. The zero-order chi connectivity index (χ0) is 26.8. The van der Waals surface area contributed by atoms with E-state index >= 15 is 0 Å². The molecule has 0 saturated heterocycles. The molecule has 9 nitrogen and oxygen atoms in total. The van der Waals surface area contributed by atoms with Crippen LogP contribution in [0, 0.1) is 0 Å². The summed E-state index contributed by atoms with van der Waals surface area (Å²) in [6.07, 6.45) is 0.350. The molecule has 0 saturated carbocycles. The topological polar surface area (TPSA) is 101 Å². The van der Waals surface area contributed by atoms with E-state index in [2.05, 4.69) is 25.0 Å². The maximum absolute atomic E-state index is 11.8. The van der Waals surface area contributed by atoms with Gasteiger partial charge in [-0.1, -0.05) is 31.4 Å². The Balaban J connectivity index is 2.05. The number of thioether (sulfide) groups is 1. The molecule has 0 atom stereocenters. The number of imidazole rings is 1. The normalized spacial score (nSPS) is 12.0. The Hall–Kier alpha value is -2.24. The third-order valence-corrected chi connectivity index (χ3v) is 7.55. The number of carbonyl (C=O) groups excluding carboxylic acids is 2. The molecule has 0 aliphatic rings. The lowest BCUT2D eigenvalue weighted by Gasteiger charge is -2.19. The Morgan fingerprint density at radius 2 is 1.94 bits per heavy atom. The molecular formula is C25H41N3O6SSi. The number of nitrogens with one attached hydrogen (secondary N) is 1. The first-order valence-corrected chi connectivity index (χ1v) is 17.0. The Morgan fingerprint density at radius 1 is 1.19 bits per heavy atom. The lowest BCUT2D eigenvalue weighted by atomic mass is 10.2. The Morgan fingerprint density at radius 3 is 2.61 bits per heavy atom. The maximum Gasteiger partial charge on any atom is 0.407 e. The third kappa shape index (κ3) is 11.2. The predicted molar refractivity (Wildman–Crippen MR) is 146 cm³/mol. The van der Waals surface area contributed by atoms with Gasteiger partial charge in [-0.05, 0) is 52.3 Å². The summed E-state index contributed by atoms with van der Waals surface area (Å²) in [6.45, 7) is 16.0. The number of alkyl carbamates (subject to hydrolysis) is 1. The first-order chi connectivity index (χ1) is 16.9. The van der Waals surface area contributed by atoms with Crippen LogP contribution in [0.3, 0.4) is 0 Å². The predicted octanol–water partition coefficient (Wildman–Crippen LogP) is 5.30.